The van der Waals surface area contributed by atoms with Gasteiger partial charge in [-0.25, -0.2) is 4.98 Å². The van der Waals surface area contributed by atoms with Crippen molar-refractivity contribution in [2.24, 2.45) is 0 Å². The third kappa shape index (κ3) is 3.41. The lowest BCUT2D eigenvalue weighted by Crippen LogP contribution is -2.07. The van der Waals surface area contributed by atoms with Crippen LogP contribution >= 0.6 is 0 Å². The van der Waals surface area contributed by atoms with Gasteiger partial charge in [-0.15, -0.1) is 0 Å². The Bertz CT molecular complexity index is 684. The predicted molar refractivity (Wildman–Crippen MR) is 86.3 cm³/mol. The topological polar surface area (TPSA) is 94.2 Å². The smallest absolute Gasteiger partial charge is 0.227 e. The van der Waals surface area contributed by atoms with Crippen molar-refractivity contribution in [3.8, 4) is 17.0 Å². The van der Waals surface area contributed by atoms with Gasteiger partial charge in [0.15, 0.2) is 0 Å². The van der Waals surface area contributed by atoms with Crippen molar-refractivity contribution in [1.82, 2.24) is 15.0 Å². The number of anilines is 1. The fourth-order valence-corrected chi connectivity index (χ4v) is 1.91. The monoisotopic (exact) mass is 298 g/mol. The molecule has 0 radical (unpaired) electrons. The first-order chi connectivity index (χ1) is 10.7. The van der Waals surface area contributed by atoms with Gasteiger partial charge in [0, 0.05) is 12.4 Å². The number of allylic oxidation sites excluding steroid dienone is 2. The van der Waals surface area contributed by atoms with Crippen LogP contribution in [0.25, 0.3) is 16.9 Å². The summed E-state index contributed by atoms with van der Waals surface area (Å²) in [5.74, 6) is 0.305. The number of rotatable bonds is 6. The fourth-order valence-electron chi connectivity index (χ4n) is 1.91. The molecule has 6 nitrogen and oxygen atoms in total. The number of hydrogen-bond donors (Lipinski definition) is 2. The van der Waals surface area contributed by atoms with Crippen LogP contribution in [-0.2, 0) is 0 Å². The van der Waals surface area contributed by atoms with Crippen LogP contribution in [0.15, 0.2) is 43.3 Å². The summed E-state index contributed by atoms with van der Waals surface area (Å²) in [6.45, 7) is 6.05. The number of aliphatic hydroxyl groups is 1. The molecular formula is C16H18N4O2. The largest absolute Gasteiger partial charge is 0.506 e. The Balaban J connectivity index is 2.68. The van der Waals surface area contributed by atoms with Crippen molar-refractivity contribution < 1.29 is 9.84 Å². The van der Waals surface area contributed by atoms with Crippen molar-refractivity contribution in [3.05, 3.63) is 49.0 Å². The maximum absolute atomic E-state index is 10.2. The molecule has 2 rings (SSSR count). The third-order valence-electron chi connectivity index (χ3n) is 2.82. The van der Waals surface area contributed by atoms with E-state index in [1.54, 1.807) is 24.5 Å². The minimum Gasteiger partial charge on any atom is -0.506 e. The van der Waals surface area contributed by atoms with Gasteiger partial charge in [-0.2, -0.15) is 4.98 Å². The first-order valence-corrected chi connectivity index (χ1v) is 6.90. The van der Waals surface area contributed by atoms with Crippen molar-refractivity contribution >= 4 is 11.7 Å². The summed E-state index contributed by atoms with van der Waals surface area (Å²) in [5, 5.41) is 10.2. The van der Waals surface area contributed by atoms with Crippen LogP contribution in [0.5, 0.6) is 5.88 Å². The molecule has 22 heavy (non-hydrogen) atoms. The molecule has 6 heteroatoms. The molecule has 0 aliphatic heterocycles. The molecule has 0 fully saturated rings. The number of ether oxygens (including phenoxy) is 1. The van der Waals surface area contributed by atoms with Crippen LogP contribution in [0.1, 0.15) is 19.0 Å². The van der Waals surface area contributed by atoms with E-state index in [-0.39, 0.29) is 11.7 Å². The Morgan fingerprint density at radius 3 is 2.73 bits per heavy atom. The third-order valence-corrected chi connectivity index (χ3v) is 2.82. The SMILES string of the molecule is C=C/C=C(\O)c1nc(N)nc(OCCC)c1-c1ccncc1. The molecule has 0 amide bonds. The second-order valence-electron chi connectivity index (χ2n) is 4.48. The van der Waals surface area contributed by atoms with Gasteiger partial charge in [0.2, 0.25) is 11.8 Å². The second kappa shape index (κ2) is 7.21. The maximum atomic E-state index is 10.2. The highest BCUT2D eigenvalue weighted by Crippen LogP contribution is 2.34. The number of nitrogens with two attached hydrogens (primary N) is 1. The Morgan fingerprint density at radius 2 is 2.09 bits per heavy atom. The van der Waals surface area contributed by atoms with Gasteiger partial charge in [-0.05, 0) is 30.2 Å². The molecule has 0 atom stereocenters. The van der Waals surface area contributed by atoms with E-state index in [9.17, 15) is 5.11 Å². The predicted octanol–water partition coefficient (Wildman–Crippen LogP) is 2.99. The first kappa shape index (κ1) is 15.5. The van der Waals surface area contributed by atoms with Gasteiger partial charge in [0.25, 0.3) is 0 Å². The minimum absolute atomic E-state index is 0.0305. The number of nitrogens with zero attached hydrogens (tertiary/aromatic N) is 3. The van der Waals surface area contributed by atoms with Gasteiger partial charge in [-0.1, -0.05) is 19.6 Å². The number of nitrogen functional groups attached to an aromatic ring is 1. The van der Waals surface area contributed by atoms with Crippen molar-refractivity contribution in [1.29, 1.82) is 0 Å². The molecule has 0 aromatic carbocycles. The lowest BCUT2D eigenvalue weighted by atomic mass is 10.0. The summed E-state index contributed by atoms with van der Waals surface area (Å²) in [6, 6.07) is 3.58. The Kier molecular flexibility index (Phi) is 5.08. The normalized spacial score (nSPS) is 11.2. The van der Waals surface area contributed by atoms with Crippen LogP contribution < -0.4 is 10.5 Å². The van der Waals surface area contributed by atoms with Crippen molar-refractivity contribution in [2.75, 3.05) is 12.3 Å². The summed E-state index contributed by atoms with van der Waals surface area (Å²) in [5.41, 5.74) is 7.38. The van der Waals surface area contributed by atoms with E-state index in [4.69, 9.17) is 10.5 Å². The van der Waals surface area contributed by atoms with E-state index in [2.05, 4.69) is 21.5 Å². The molecule has 0 saturated heterocycles. The molecule has 2 heterocycles. The van der Waals surface area contributed by atoms with E-state index in [0.717, 1.165) is 12.0 Å². The maximum Gasteiger partial charge on any atom is 0.227 e. The Hall–Kier alpha value is -2.89. The molecule has 0 aliphatic carbocycles. The van der Waals surface area contributed by atoms with Crippen LogP contribution in [0.3, 0.4) is 0 Å². The molecule has 114 valence electrons. The van der Waals surface area contributed by atoms with Gasteiger partial charge < -0.3 is 15.6 Å². The zero-order valence-electron chi connectivity index (χ0n) is 12.4. The van der Waals surface area contributed by atoms with E-state index in [0.29, 0.717) is 23.7 Å². The number of aromatic nitrogens is 3. The summed E-state index contributed by atoms with van der Waals surface area (Å²) in [4.78, 5) is 12.3. The van der Waals surface area contributed by atoms with E-state index >= 15 is 0 Å². The quantitative estimate of drug-likeness (QED) is 0.629. The van der Waals surface area contributed by atoms with E-state index in [1.165, 1.54) is 12.2 Å². The first-order valence-electron chi connectivity index (χ1n) is 6.90. The van der Waals surface area contributed by atoms with E-state index in [1.807, 2.05) is 6.92 Å². The van der Waals surface area contributed by atoms with Crippen LogP contribution in [0, 0.1) is 0 Å². The van der Waals surface area contributed by atoms with Gasteiger partial charge in [0.1, 0.15) is 11.5 Å². The highest BCUT2D eigenvalue weighted by atomic mass is 16.5. The van der Waals surface area contributed by atoms with Gasteiger partial charge in [0.05, 0.1) is 12.2 Å². The molecule has 0 bridgehead atoms. The summed E-state index contributed by atoms with van der Waals surface area (Å²) >= 11 is 0. The van der Waals surface area contributed by atoms with Crippen LogP contribution in [0.2, 0.25) is 0 Å². The van der Waals surface area contributed by atoms with Gasteiger partial charge in [-0.3, -0.25) is 4.98 Å². The molecule has 0 saturated carbocycles. The summed E-state index contributed by atoms with van der Waals surface area (Å²) in [7, 11) is 0. The molecule has 3 N–H and O–H groups in total. The zero-order valence-corrected chi connectivity index (χ0v) is 12.4. The Morgan fingerprint density at radius 1 is 1.36 bits per heavy atom. The molecule has 2 aromatic heterocycles. The zero-order chi connectivity index (χ0) is 15.9. The van der Waals surface area contributed by atoms with Gasteiger partial charge >= 0.3 is 0 Å². The lowest BCUT2D eigenvalue weighted by molar-refractivity contribution is 0.306. The lowest BCUT2D eigenvalue weighted by Gasteiger charge is -2.14. The second-order valence-corrected chi connectivity index (χ2v) is 4.48. The molecular weight excluding hydrogens is 280 g/mol. The van der Waals surface area contributed by atoms with Crippen molar-refractivity contribution in [2.45, 2.75) is 13.3 Å². The average Bonchev–Trinajstić information content (AvgIpc) is 2.53. The molecule has 2 aromatic rings. The highest BCUT2D eigenvalue weighted by Gasteiger charge is 2.19. The number of aliphatic hydroxyl groups excluding tert-OH is 1. The van der Waals surface area contributed by atoms with E-state index < -0.39 is 0 Å². The minimum atomic E-state index is -0.0581. The Labute approximate surface area is 129 Å². The van der Waals surface area contributed by atoms with Crippen LogP contribution in [-0.4, -0.2) is 26.7 Å². The van der Waals surface area contributed by atoms with Crippen molar-refractivity contribution in [3.63, 3.8) is 0 Å². The fraction of sp³-hybridized carbons (Fsp3) is 0.188. The highest BCUT2D eigenvalue weighted by molar-refractivity contribution is 5.80. The summed E-state index contributed by atoms with van der Waals surface area (Å²) < 4.78 is 5.67. The number of pyridine rings is 1. The standard InChI is InChI=1S/C16H18N4O2/c1-3-5-12(21)14-13(11-6-8-18-9-7-11)15(22-10-4-2)20-16(17)19-14/h3,5-9,21H,1,4,10H2,2H3,(H2,17,19,20)/b12-5-. The molecule has 0 spiro atoms. The molecule has 0 unspecified atom stereocenters. The average molecular weight is 298 g/mol. The molecule has 0 aliphatic rings. The summed E-state index contributed by atoms with van der Waals surface area (Å²) in [6.07, 6.45) is 7.02. The van der Waals surface area contributed by atoms with Crippen LogP contribution in [0.4, 0.5) is 5.95 Å². The number of hydrogen-bond acceptors (Lipinski definition) is 6.